The fraction of sp³-hybridized carbons (Fsp3) is 0.190. The second-order valence-corrected chi connectivity index (χ2v) is 7.30. The van der Waals surface area contributed by atoms with E-state index in [1.807, 2.05) is 6.92 Å². The summed E-state index contributed by atoms with van der Waals surface area (Å²) in [5.74, 6) is -0.210. The zero-order chi connectivity index (χ0) is 19.9. The van der Waals surface area contributed by atoms with Gasteiger partial charge in [0.05, 0.1) is 10.7 Å². The summed E-state index contributed by atoms with van der Waals surface area (Å²) >= 11 is 1.64. The number of aryl methyl sites for hydroxylation is 1. The van der Waals surface area contributed by atoms with Crippen molar-refractivity contribution in [3.8, 4) is 17.0 Å². The Labute approximate surface area is 167 Å². The van der Waals surface area contributed by atoms with Gasteiger partial charge >= 0.3 is 0 Å². The Kier molecular flexibility index (Phi) is 6.39. The first-order valence-corrected chi connectivity index (χ1v) is 9.70. The second kappa shape index (κ2) is 9.14. The molecule has 0 saturated heterocycles. The number of thiazole rings is 1. The van der Waals surface area contributed by atoms with E-state index in [9.17, 15) is 9.59 Å². The molecule has 0 bridgehead atoms. The third kappa shape index (κ3) is 5.40. The van der Waals surface area contributed by atoms with Crippen LogP contribution in [-0.4, -0.2) is 29.9 Å². The molecule has 144 valence electrons. The lowest BCUT2D eigenvalue weighted by molar-refractivity contribution is -0.119. The zero-order valence-corrected chi connectivity index (χ0v) is 16.3. The molecule has 0 atom stereocenters. The minimum absolute atomic E-state index is 0.156. The normalized spacial score (nSPS) is 10.5. The summed E-state index contributed by atoms with van der Waals surface area (Å²) in [5.41, 5.74) is 8.79. The number of carbonyl (C=O) groups is 2. The summed E-state index contributed by atoms with van der Waals surface area (Å²) in [6.45, 7) is 2.34. The molecule has 0 unspecified atom stereocenters. The number of hydrogen-bond donors (Lipinski definition) is 2. The minimum atomic E-state index is -0.545. The van der Waals surface area contributed by atoms with Gasteiger partial charge in [0, 0.05) is 23.1 Å². The van der Waals surface area contributed by atoms with Crippen molar-refractivity contribution in [1.29, 1.82) is 0 Å². The molecule has 0 spiro atoms. The summed E-state index contributed by atoms with van der Waals surface area (Å²) in [6, 6.07) is 14.8. The van der Waals surface area contributed by atoms with Crippen LogP contribution in [-0.2, 0) is 11.2 Å². The standard InChI is InChI=1S/C21H21N3O3S/c1-14-24-19(13-28-14)16-4-2-15(3-5-16)10-11-23-21(26)17-6-8-18(9-7-17)27-12-20(22)25/h2-9,13H,10-12H2,1H3,(H2,22,25)(H,23,26). The van der Waals surface area contributed by atoms with Gasteiger partial charge in [-0.15, -0.1) is 11.3 Å². The van der Waals surface area contributed by atoms with Crippen LogP contribution < -0.4 is 15.8 Å². The maximum atomic E-state index is 12.2. The highest BCUT2D eigenvalue weighted by Crippen LogP contribution is 2.21. The molecule has 6 nitrogen and oxygen atoms in total. The highest BCUT2D eigenvalue weighted by Gasteiger charge is 2.06. The Bertz CT molecular complexity index is 950. The van der Waals surface area contributed by atoms with Crippen molar-refractivity contribution in [1.82, 2.24) is 10.3 Å². The van der Waals surface area contributed by atoms with E-state index in [2.05, 4.69) is 39.9 Å². The van der Waals surface area contributed by atoms with Gasteiger partial charge in [-0.2, -0.15) is 0 Å². The van der Waals surface area contributed by atoms with Crippen molar-refractivity contribution in [2.75, 3.05) is 13.2 Å². The fourth-order valence-electron chi connectivity index (χ4n) is 2.62. The van der Waals surface area contributed by atoms with Crippen LogP contribution in [0.25, 0.3) is 11.3 Å². The third-order valence-electron chi connectivity index (χ3n) is 4.07. The number of carbonyl (C=O) groups excluding carboxylic acids is 2. The molecule has 1 heterocycles. The molecule has 1 aromatic heterocycles. The average Bonchev–Trinajstić information content (AvgIpc) is 3.13. The molecule has 0 fully saturated rings. The summed E-state index contributed by atoms with van der Waals surface area (Å²) in [5, 5.41) is 6.00. The van der Waals surface area contributed by atoms with E-state index in [1.54, 1.807) is 35.6 Å². The largest absolute Gasteiger partial charge is 0.484 e. The Morgan fingerprint density at radius 2 is 1.82 bits per heavy atom. The van der Waals surface area contributed by atoms with Crippen molar-refractivity contribution in [2.45, 2.75) is 13.3 Å². The molecule has 7 heteroatoms. The molecular weight excluding hydrogens is 374 g/mol. The number of ether oxygens (including phenoxy) is 1. The Balaban J connectivity index is 1.47. The van der Waals surface area contributed by atoms with Crippen molar-refractivity contribution in [3.63, 3.8) is 0 Å². The van der Waals surface area contributed by atoms with Crippen LogP contribution in [0.15, 0.2) is 53.9 Å². The van der Waals surface area contributed by atoms with Gasteiger partial charge < -0.3 is 15.8 Å². The van der Waals surface area contributed by atoms with Crippen molar-refractivity contribution in [2.24, 2.45) is 5.73 Å². The molecule has 3 rings (SSSR count). The van der Waals surface area contributed by atoms with Crippen LogP contribution in [0.5, 0.6) is 5.75 Å². The van der Waals surface area contributed by atoms with Gasteiger partial charge in [-0.1, -0.05) is 24.3 Å². The first-order valence-electron chi connectivity index (χ1n) is 8.82. The van der Waals surface area contributed by atoms with E-state index >= 15 is 0 Å². The highest BCUT2D eigenvalue weighted by atomic mass is 32.1. The maximum Gasteiger partial charge on any atom is 0.255 e. The molecule has 0 aliphatic heterocycles. The van der Waals surface area contributed by atoms with Crippen LogP contribution in [0.4, 0.5) is 0 Å². The first-order chi connectivity index (χ1) is 13.5. The third-order valence-corrected chi connectivity index (χ3v) is 4.84. The molecule has 3 aromatic rings. The molecule has 0 radical (unpaired) electrons. The van der Waals surface area contributed by atoms with Gasteiger partial charge in [-0.25, -0.2) is 4.98 Å². The molecule has 2 aromatic carbocycles. The number of nitrogens with zero attached hydrogens (tertiary/aromatic N) is 1. The highest BCUT2D eigenvalue weighted by molar-refractivity contribution is 7.09. The number of hydrogen-bond acceptors (Lipinski definition) is 5. The van der Waals surface area contributed by atoms with Crippen LogP contribution in [0.1, 0.15) is 20.9 Å². The zero-order valence-electron chi connectivity index (χ0n) is 15.5. The van der Waals surface area contributed by atoms with Crippen LogP contribution in [0.3, 0.4) is 0 Å². The maximum absolute atomic E-state index is 12.2. The number of amides is 2. The molecule has 3 N–H and O–H groups in total. The van der Waals surface area contributed by atoms with Crippen LogP contribution in [0, 0.1) is 6.92 Å². The predicted octanol–water partition coefficient (Wildman–Crippen LogP) is 2.96. The van der Waals surface area contributed by atoms with E-state index in [0.717, 1.165) is 28.2 Å². The molecule has 0 aliphatic rings. The lowest BCUT2D eigenvalue weighted by Crippen LogP contribution is -2.25. The Hall–Kier alpha value is -3.19. The molecule has 0 saturated carbocycles. The van der Waals surface area contributed by atoms with E-state index in [0.29, 0.717) is 17.9 Å². The lowest BCUT2D eigenvalue weighted by atomic mass is 10.1. The second-order valence-electron chi connectivity index (χ2n) is 6.23. The van der Waals surface area contributed by atoms with E-state index in [-0.39, 0.29) is 12.5 Å². The number of aromatic nitrogens is 1. The SMILES string of the molecule is Cc1nc(-c2ccc(CCNC(=O)c3ccc(OCC(N)=O)cc3)cc2)cs1. The quantitative estimate of drug-likeness (QED) is 0.613. The van der Waals surface area contributed by atoms with Gasteiger partial charge in [0.2, 0.25) is 0 Å². The number of primary amides is 1. The average molecular weight is 395 g/mol. The topological polar surface area (TPSA) is 94.3 Å². The van der Waals surface area contributed by atoms with E-state index in [4.69, 9.17) is 10.5 Å². The monoisotopic (exact) mass is 395 g/mol. The minimum Gasteiger partial charge on any atom is -0.484 e. The van der Waals surface area contributed by atoms with Gasteiger partial charge in [-0.05, 0) is 43.2 Å². The number of benzene rings is 2. The molecular formula is C21H21N3O3S. The summed E-state index contributed by atoms with van der Waals surface area (Å²) in [7, 11) is 0. The smallest absolute Gasteiger partial charge is 0.255 e. The molecule has 2 amide bonds. The van der Waals surface area contributed by atoms with Crippen molar-refractivity contribution in [3.05, 3.63) is 70.0 Å². The number of nitrogens with one attached hydrogen (secondary N) is 1. The van der Waals surface area contributed by atoms with Gasteiger partial charge in [0.1, 0.15) is 5.75 Å². The van der Waals surface area contributed by atoms with Crippen molar-refractivity contribution >= 4 is 23.2 Å². The Morgan fingerprint density at radius 1 is 1.11 bits per heavy atom. The van der Waals surface area contributed by atoms with Crippen molar-refractivity contribution < 1.29 is 14.3 Å². The fourth-order valence-corrected chi connectivity index (χ4v) is 3.24. The number of nitrogens with two attached hydrogens (primary N) is 1. The van der Waals surface area contributed by atoms with Crippen LogP contribution >= 0.6 is 11.3 Å². The predicted molar refractivity (Wildman–Crippen MR) is 109 cm³/mol. The Morgan fingerprint density at radius 3 is 2.43 bits per heavy atom. The van der Waals surface area contributed by atoms with E-state index in [1.165, 1.54) is 0 Å². The molecule has 0 aliphatic carbocycles. The van der Waals surface area contributed by atoms with Gasteiger partial charge in [0.25, 0.3) is 11.8 Å². The number of rotatable bonds is 8. The first kappa shape index (κ1) is 19.6. The van der Waals surface area contributed by atoms with Gasteiger partial charge in [-0.3, -0.25) is 9.59 Å². The lowest BCUT2D eigenvalue weighted by Gasteiger charge is -2.07. The van der Waals surface area contributed by atoms with Crippen LogP contribution in [0.2, 0.25) is 0 Å². The summed E-state index contributed by atoms with van der Waals surface area (Å²) < 4.78 is 5.17. The van der Waals surface area contributed by atoms with Gasteiger partial charge in [0.15, 0.2) is 6.61 Å². The molecule has 28 heavy (non-hydrogen) atoms. The summed E-state index contributed by atoms with van der Waals surface area (Å²) in [4.78, 5) is 27.4. The van der Waals surface area contributed by atoms with E-state index < -0.39 is 5.91 Å². The summed E-state index contributed by atoms with van der Waals surface area (Å²) in [6.07, 6.45) is 0.738.